The van der Waals surface area contributed by atoms with Crippen molar-refractivity contribution in [1.29, 1.82) is 0 Å². The van der Waals surface area contributed by atoms with Gasteiger partial charge in [-0.15, -0.1) is 0 Å². The Morgan fingerprint density at radius 3 is 2.62 bits per heavy atom. The number of carbonyl (C=O) groups excluding carboxylic acids is 1. The molecule has 3 aromatic rings. The topological polar surface area (TPSA) is 72.3 Å². The molecule has 1 N–H and O–H groups in total. The molecular weight excluding hydrogens is 402 g/mol. The van der Waals surface area contributed by atoms with Gasteiger partial charge in [-0.25, -0.2) is 4.68 Å². The molecule has 1 spiro atoms. The number of hydrogen-bond acceptors (Lipinski definition) is 5. The molecule has 0 saturated carbocycles. The van der Waals surface area contributed by atoms with Gasteiger partial charge in [-0.05, 0) is 68.1 Å². The van der Waals surface area contributed by atoms with Gasteiger partial charge < -0.3 is 10.1 Å². The number of pyridine rings is 1. The summed E-state index contributed by atoms with van der Waals surface area (Å²) < 4.78 is 8.25. The fourth-order valence-corrected chi connectivity index (χ4v) is 4.74. The van der Waals surface area contributed by atoms with Gasteiger partial charge in [0.25, 0.3) is 5.91 Å². The van der Waals surface area contributed by atoms with Gasteiger partial charge in [0.2, 0.25) is 0 Å². The van der Waals surface area contributed by atoms with Crippen LogP contribution in [-0.2, 0) is 11.3 Å². The first-order valence-electron chi connectivity index (χ1n) is 11.4. The number of carbonyl (C=O) groups is 1. The van der Waals surface area contributed by atoms with E-state index in [1.807, 2.05) is 54.9 Å². The number of likely N-dealkylation sites (tertiary alicyclic amines) is 1. The van der Waals surface area contributed by atoms with Gasteiger partial charge in [0.15, 0.2) is 0 Å². The van der Waals surface area contributed by atoms with Gasteiger partial charge in [-0.3, -0.25) is 14.7 Å². The highest BCUT2D eigenvalue weighted by Crippen LogP contribution is 2.39. The Bertz CT molecular complexity index is 1010. The summed E-state index contributed by atoms with van der Waals surface area (Å²) in [6, 6.07) is 15.4. The molecule has 2 fully saturated rings. The van der Waals surface area contributed by atoms with Gasteiger partial charge >= 0.3 is 0 Å². The van der Waals surface area contributed by atoms with Crippen LogP contribution in [0.5, 0.6) is 0 Å². The molecule has 2 aliphatic rings. The van der Waals surface area contributed by atoms with E-state index in [-0.39, 0.29) is 17.6 Å². The van der Waals surface area contributed by atoms with Gasteiger partial charge in [-0.2, -0.15) is 5.10 Å². The third-order valence-electron chi connectivity index (χ3n) is 6.61. The summed E-state index contributed by atoms with van der Waals surface area (Å²) >= 11 is 0. The van der Waals surface area contributed by atoms with Crippen LogP contribution in [0, 0.1) is 0 Å². The number of benzene rings is 1. The molecule has 32 heavy (non-hydrogen) atoms. The van der Waals surface area contributed by atoms with E-state index in [9.17, 15) is 4.79 Å². The van der Waals surface area contributed by atoms with Crippen LogP contribution >= 0.6 is 0 Å². The predicted molar refractivity (Wildman–Crippen MR) is 121 cm³/mol. The average Bonchev–Trinajstić information content (AvgIpc) is 3.51. The zero-order valence-electron chi connectivity index (χ0n) is 18.2. The SMILES string of the molecule is O=C(NCC1CCC2(CCN(Cc3ccccn3)CC2)O1)c1ccc(-n2cccn2)cc1. The fourth-order valence-electron chi connectivity index (χ4n) is 4.74. The molecular formula is C25H29N5O2. The quantitative estimate of drug-likeness (QED) is 0.649. The Labute approximate surface area is 188 Å². The van der Waals surface area contributed by atoms with E-state index >= 15 is 0 Å². The molecule has 1 unspecified atom stereocenters. The van der Waals surface area contributed by atoms with E-state index in [1.165, 1.54) is 0 Å². The Hall–Kier alpha value is -3.03. The molecule has 4 heterocycles. The van der Waals surface area contributed by atoms with E-state index in [0.29, 0.717) is 12.1 Å². The van der Waals surface area contributed by atoms with E-state index in [2.05, 4.69) is 26.4 Å². The molecule has 1 atom stereocenters. The molecule has 7 heteroatoms. The normalized spacial score (nSPS) is 20.4. The minimum atomic E-state index is -0.0632. The summed E-state index contributed by atoms with van der Waals surface area (Å²) in [5, 5.41) is 7.26. The summed E-state index contributed by atoms with van der Waals surface area (Å²) in [4.78, 5) is 19.5. The summed E-state index contributed by atoms with van der Waals surface area (Å²) in [7, 11) is 0. The largest absolute Gasteiger partial charge is 0.370 e. The maximum Gasteiger partial charge on any atom is 0.251 e. The van der Waals surface area contributed by atoms with Crippen LogP contribution in [0.15, 0.2) is 67.1 Å². The van der Waals surface area contributed by atoms with Crippen molar-refractivity contribution in [3.8, 4) is 5.69 Å². The Morgan fingerprint density at radius 2 is 1.91 bits per heavy atom. The maximum absolute atomic E-state index is 12.6. The predicted octanol–water partition coefficient (Wildman–Crippen LogP) is 3.21. The summed E-state index contributed by atoms with van der Waals surface area (Å²) in [6.07, 6.45) is 9.71. The molecule has 166 valence electrons. The number of rotatable bonds is 6. The lowest BCUT2D eigenvalue weighted by molar-refractivity contribution is -0.0765. The molecule has 1 aromatic carbocycles. The van der Waals surface area contributed by atoms with Gasteiger partial charge in [0.1, 0.15) is 0 Å². The third kappa shape index (κ3) is 4.74. The second-order valence-electron chi connectivity index (χ2n) is 8.77. The fraction of sp³-hybridized carbons (Fsp3) is 0.400. The zero-order chi connectivity index (χ0) is 21.8. The van der Waals surface area contributed by atoms with Crippen LogP contribution in [0.25, 0.3) is 5.69 Å². The Kier molecular flexibility index (Phi) is 6.01. The molecule has 2 aromatic heterocycles. The number of nitrogens with zero attached hydrogens (tertiary/aromatic N) is 4. The van der Waals surface area contributed by atoms with Crippen molar-refractivity contribution >= 4 is 5.91 Å². The maximum atomic E-state index is 12.6. The highest BCUT2D eigenvalue weighted by atomic mass is 16.5. The van der Waals surface area contributed by atoms with Crippen LogP contribution in [0.1, 0.15) is 41.7 Å². The van der Waals surface area contributed by atoms with Crippen LogP contribution in [-0.4, -0.2) is 56.9 Å². The molecule has 5 rings (SSSR count). The van der Waals surface area contributed by atoms with Crippen molar-refractivity contribution in [2.24, 2.45) is 0 Å². The van der Waals surface area contributed by atoms with Gasteiger partial charge in [0, 0.05) is 50.3 Å². The first-order chi connectivity index (χ1) is 15.7. The number of nitrogens with one attached hydrogen (secondary N) is 1. The first kappa shape index (κ1) is 20.8. The molecule has 0 aliphatic carbocycles. The first-order valence-corrected chi connectivity index (χ1v) is 11.4. The van der Waals surface area contributed by atoms with Crippen LogP contribution < -0.4 is 5.32 Å². The van der Waals surface area contributed by atoms with E-state index in [0.717, 1.165) is 56.7 Å². The van der Waals surface area contributed by atoms with Crippen molar-refractivity contribution in [1.82, 2.24) is 25.0 Å². The highest BCUT2D eigenvalue weighted by Gasteiger charge is 2.42. The molecule has 1 amide bonds. The van der Waals surface area contributed by atoms with Crippen molar-refractivity contribution in [2.45, 2.75) is 43.9 Å². The lowest BCUT2D eigenvalue weighted by Crippen LogP contribution is -2.45. The van der Waals surface area contributed by atoms with Crippen molar-refractivity contribution < 1.29 is 9.53 Å². The van der Waals surface area contributed by atoms with Crippen molar-refractivity contribution in [3.05, 3.63) is 78.4 Å². The van der Waals surface area contributed by atoms with E-state index < -0.39 is 0 Å². The third-order valence-corrected chi connectivity index (χ3v) is 6.61. The highest BCUT2D eigenvalue weighted by molar-refractivity contribution is 5.94. The minimum Gasteiger partial charge on any atom is -0.370 e. The standard InChI is InChI=1S/C25H29N5O2/c31-24(20-5-7-22(8-6-20)30-15-3-14-28-30)27-18-23-9-10-25(32-23)11-16-29(17-12-25)19-21-4-1-2-13-26-21/h1-8,13-15,23H,9-12,16-19H2,(H,27,31). The monoisotopic (exact) mass is 431 g/mol. The molecule has 0 radical (unpaired) electrons. The number of amides is 1. The van der Waals surface area contributed by atoms with Crippen LogP contribution in [0.2, 0.25) is 0 Å². The summed E-state index contributed by atoms with van der Waals surface area (Å²) in [5.74, 6) is -0.0632. The molecule has 2 aliphatic heterocycles. The lowest BCUT2D eigenvalue weighted by atomic mass is 9.88. The van der Waals surface area contributed by atoms with E-state index in [4.69, 9.17) is 4.74 Å². The second-order valence-corrected chi connectivity index (χ2v) is 8.77. The number of ether oxygens (including phenoxy) is 1. The minimum absolute atomic E-state index is 0.0264. The Balaban J connectivity index is 1.08. The van der Waals surface area contributed by atoms with Crippen molar-refractivity contribution in [2.75, 3.05) is 19.6 Å². The summed E-state index contributed by atoms with van der Waals surface area (Å²) in [5.41, 5.74) is 2.68. The van der Waals surface area contributed by atoms with Crippen LogP contribution in [0.3, 0.4) is 0 Å². The van der Waals surface area contributed by atoms with E-state index in [1.54, 1.807) is 10.9 Å². The molecule has 2 saturated heterocycles. The zero-order valence-corrected chi connectivity index (χ0v) is 18.2. The number of piperidine rings is 1. The second kappa shape index (κ2) is 9.22. The van der Waals surface area contributed by atoms with Crippen LogP contribution in [0.4, 0.5) is 0 Å². The number of hydrogen-bond donors (Lipinski definition) is 1. The van der Waals surface area contributed by atoms with Gasteiger partial charge in [0.05, 0.1) is 23.1 Å². The smallest absolute Gasteiger partial charge is 0.251 e. The average molecular weight is 432 g/mol. The van der Waals surface area contributed by atoms with Gasteiger partial charge in [-0.1, -0.05) is 6.07 Å². The van der Waals surface area contributed by atoms with Crippen molar-refractivity contribution in [3.63, 3.8) is 0 Å². The molecule has 0 bridgehead atoms. The summed E-state index contributed by atoms with van der Waals surface area (Å²) in [6.45, 7) is 3.51. The Morgan fingerprint density at radius 1 is 1.06 bits per heavy atom. The molecule has 7 nitrogen and oxygen atoms in total. The number of aromatic nitrogens is 3. The lowest BCUT2D eigenvalue weighted by Gasteiger charge is -2.39.